The molecule has 0 amide bonds. The van der Waals surface area contributed by atoms with Crippen molar-refractivity contribution in [3.63, 3.8) is 0 Å². The van der Waals surface area contributed by atoms with Crippen LogP contribution < -0.4 is 10.6 Å². The zero-order valence-electron chi connectivity index (χ0n) is 27.3. The lowest BCUT2D eigenvalue weighted by Gasteiger charge is -2.32. The zero-order valence-corrected chi connectivity index (χ0v) is 28.9. The van der Waals surface area contributed by atoms with Crippen LogP contribution in [0.2, 0.25) is 0 Å². The number of thiophene rings is 2. The zero-order chi connectivity index (χ0) is 33.5. The molecule has 0 saturated heterocycles. The monoisotopic (exact) mass is 691 g/mol. The number of fused-ring (bicyclic) bond motifs is 9. The molecule has 7 aromatic carbocycles. The molecule has 0 fully saturated rings. The summed E-state index contributed by atoms with van der Waals surface area (Å²) < 4.78 is 11.7. The predicted molar refractivity (Wildman–Crippen MR) is 216 cm³/mol. The van der Waals surface area contributed by atoms with E-state index in [0.29, 0.717) is 0 Å². The molecule has 2 N–H and O–H groups in total. The van der Waals surface area contributed by atoms with Gasteiger partial charge in [-0.3, -0.25) is 5.32 Å². The number of nitrogens with one attached hydrogen (secondary N) is 2. The molecule has 1 aliphatic rings. The molecule has 11 rings (SSSR count). The summed E-state index contributed by atoms with van der Waals surface area (Å²) in [7, 11) is 0. The van der Waals surface area contributed by atoms with E-state index in [0.717, 1.165) is 44.5 Å². The van der Waals surface area contributed by atoms with E-state index in [1.165, 1.54) is 51.5 Å². The average molecular weight is 692 g/mol. The number of rotatable bonds is 4. The van der Waals surface area contributed by atoms with Crippen LogP contribution in [0.15, 0.2) is 161 Å². The second-order valence-electron chi connectivity index (χ2n) is 13.2. The van der Waals surface area contributed by atoms with Gasteiger partial charge in [0.1, 0.15) is 29.3 Å². The van der Waals surface area contributed by atoms with Gasteiger partial charge in [0, 0.05) is 62.2 Å². The van der Waals surface area contributed by atoms with Gasteiger partial charge >= 0.3 is 0 Å². The number of nitrogens with zero attached hydrogens (tertiary/aromatic N) is 1. The van der Waals surface area contributed by atoms with Crippen molar-refractivity contribution >= 4 is 90.8 Å². The highest BCUT2D eigenvalue weighted by Gasteiger charge is 2.26. The topological polar surface area (TPSA) is 49.6 Å². The number of hydrogen-bond acceptors (Lipinski definition) is 6. The third kappa shape index (κ3) is 4.65. The van der Waals surface area contributed by atoms with Crippen molar-refractivity contribution in [1.29, 1.82) is 0 Å². The van der Waals surface area contributed by atoms with Crippen molar-refractivity contribution < 1.29 is 4.42 Å². The van der Waals surface area contributed by atoms with Gasteiger partial charge in [-0.1, -0.05) is 109 Å². The van der Waals surface area contributed by atoms with Crippen LogP contribution >= 0.6 is 22.7 Å². The molecule has 242 valence electrons. The molecule has 4 nitrogen and oxygen atoms in total. The van der Waals surface area contributed by atoms with Crippen LogP contribution in [0, 0.1) is 0 Å². The SMILES string of the molecule is c1ccc(C2NC(c3ccc4oc5cccc(-c6cccc7c6sc6ccccc67)c5c4c3)=NC(c3ccc4c(c3)sc3ccccc34)N2)cc1. The van der Waals surface area contributed by atoms with E-state index in [-0.39, 0.29) is 12.3 Å². The van der Waals surface area contributed by atoms with Crippen LogP contribution in [0.4, 0.5) is 0 Å². The van der Waals surface area contributed by atoms with Gasteiger partial charge in [-0.25, -0.2) is 4.99 Å². The minimum Gasteiger partial charge on any atom is -0.456 e. The molecule has 1 aliphatic heterocycles. The van der Waals surface area contributed by atoms with E-state index in [1.54, 1.807) is 0 Å². The summed E-state index contributed by atoms with van der Waals surface area (Å²) in [6.45, 7) is 0. The van der Waals surface area contributed by atoms with E-state index in [9.17, 15) is 0 Å². The molecular formula is C45H29N3OS2. The number of aliphatic imine (C=N–C) groups is 1. The summed E-state index contributed by atoms with van der Waals surface area (Å²) in [5.74, 6) is 0.851. The van der Waals surface area contributed by atoms with Gasteiger partial charge in [-0.2, -0.15) is 0 Å². The number of furan rings is 1. The molecule has 0 radical (unpaired) electrons. The Morgan fingerprint density at radius 3 is 2.12 bits per heavy atom. The smallest absolute Gasteiger partial charge is 0.136 e. The summed E-state index contributed by atoms with van der Waals surface area (Å²) in [5.41, 5.74) is 7.48. The average Bonchev–Trinajstić information content (AvgIpc) is 3.88. The van der Waals surface area contributed by atoms with Gasteiger partial charge in [0.25, 0.3) is 0 Å². The molecule has 0 spiro atoms. The second-order valence-corrected chi connectivity index (χ2v) is 15.3. The van der Waals surface area contributed by atoms with Gasteiger partial charge in [-0.05, 0) is 59.2 Å². The Morgan fingerprint density at radius 2 is 1.24 bits per heavy atom. The molecular weight excluding hydrogens is 663 g/mol. The van der Waals surface area contributed by atoms with E-state index < -0.39 is 0 Å². The van der Waals surface area contributed by atoms with Crippen LogP contribution in [0.1, 0.15) is 29.0 Å². The lowest BCUT2D eigenvalue weighted by atomic mass is 9.97. The summed E-state index contributed by atoms with van der Waals surface area (Å²) in [5, 5.41) is 14.9. The van der Waals surface area contributed by atoms with Gasteiger partial charge in [0.2, 0.25) is 0 Å². The maximum absolute atomic E-state index is 6.51. The molecule has 2 unspecified atom stereocenters. The van der Waals surface area contributed by atoms with E-state index in [2.05, 4.69) is 162 Å². The highest BCUT2D eigenvalue weighted by atomic mass is 32.1. The summed E-state index contributed by atoms with van der Waals surface area (Å²) in [6, 6.07) is 54.2. The maximum Gasteiger partial charge on any atom is 0.136 e. The van der Waals surface area contributed by atoms with Crippen molar-refractivity contribution in [3.05, 3.63) is 168 Å². The summed E-state index contributed by atoms with van der Waals surface area (Å²) >= 11 is 3.69. The first-order valence-electron chi connectivity index (χ1n) is 17.2. The highest BCUT2D eigenvalue weighted by Crippen LogP contribution is 2.44. The number of amidine groups is 1. The molecule has 10 aromatic rings. The molecule has 0 aliphatic carbocycles. The quantitative estimate of drug-likeness (QED) is 0.193. The Morgan fingerprint density at radius 1 is 0.510 bits per heavy atom. The minimum atomic E-state index is -0.237. The Bertz CT molecular complexity index is 3010. The van der Waals surface area contributed by atoms with Crippen LogP contribution in [0.5, 0.6) is 0 Å². The van der Waals surface area contributed by atoms with Crippen LogP contribution in [0.25, 0.3) is 73.4 Å². The molecule has 3 aromatic heterocycles. The third-order valence-corrected chi connectivity index (χ3v) is 12.5. The van der Waals surface area contributed by atoms with Crippen molar-refractivity contribution in [3.8, 4) is 11.1 Å². The third-order valence-electron chi connectivity index (χ3n) is 10.2. The summed E-state index contributed by atoms with van der Waals surface area (Å²) in [4.78, 5) is 5.35. The Kier molecular flexibility index (Phi) is 6.46. The fourth-order valence-electron chi connectivity index (χ4n) is 7.76. The van der Waals surface area contributed by atoms with Crippen LogP contribution in [-0.2, 0) is 0 Å². The molecule has 2 atom stereocenters. The first kappa shape index (κ1) is 29.0. The van der Waals surface area contributed by atoms with E-state index in [4.69, 9.17) is 9.41 Å². The van der Waals surface area contributed by atoms with Gasteiger partial charge in [-0.15, -0.1) is 22.7 Å². The van der Waals surface area contributed by atoms with Crippen molar-refractivity contribution in [2.24, 2.45) is 4.99 Å². The largest absolute Gasteiger partial charge is 0.456 e. The van der Waals surface area contributed by atoms with Crippen molar-refractivity contribution in [1.82, 2.24) is 10.6 Å². The highest BCUT2D eigenvalue weighted by molar-refractivity contribution is 7.26. The first-order valence-corrected chi connectivity index (χ1v) is 18.8. The van der Waals surface area contributed by atoms with Crippen LogP contribution in [0.3, 0.4) is 0 Å². The Hall–Kier alpha value is -5.79. The standard InChI is InChI=1S/C45H29N3OS2/c1-2-10-26(11-3-1)43-46-44(48-45(47-43)28-20-22-31-29-12-4-6-18-38(29)50-40(31)25-28)27-21-23-36-35(24-27)41-32(14-9-17-37(41)49-36)34-16-8-15-33-30-13-5-7-19-39(30)51-42(33)34/h1-25,43,45,47H,(H,46,48). The molecule has 4 heterocycles. The molecule has 6 heteroatoms. The fraction of sp³-hybridized carbons (Fsp3) is 0.0444. The lowest BCUT2D eigenvalue weighted by Crippen LogP contribution is -2.44. The van der Waals surface area contributed by atoms with E-state index in [1.807, 2.05) is 22.7 Å². The Labute approximate surface area is 301 Å². The summed E-state index contributed by atoms with van der Waals surface area (Å²) in [6.07, 6.45) is -0.362. The van der Waals surface area contributed by atoms with Crippen molar-refractivity contribution in [2.45, 2.75) is 12.3 Å². The molecule has 0 bridgehead atoms. The molecule has 0 saturated carbocycles. The van der Waals surface area contributed by atoms with Gasteiger partial charge in [0.05, 0.1) is 0 Å². The van der Waals surface area contributed by atoms with Gasteiger partial charge < -0.3 is 9.73 Å². The second kappa shape index (κ2) is 11.4. The lowest BCUT2D eigenvalue weighted by molar-refractivity contribution is 0.409. The normalized spacial score (nSPS) is 16.4. The Balaban J connectivity index is 1.07. The van der Waals surface area contributed by atoms with E-state index >= 15 is 0 Å². The van der Waals surface area contributed by atoms with Crippen LogP contribution in [-0.4, -0.2) is 5.84 Å². The number of hydrogen-bond donors (Lipinski definition) is 2. The molecule has 51 heavy (non-hydrogen) atoms. The number of benzene rings is 7. The van der Waals surface area contributed by atoms with Gasteiger partial charge in [0.15, 0.2) is 0 Å². The fourth-order valence-corrected chi connectivity index (χ4v) is 10.1. The minimum absolute atomic E-state index is 0.125. The van der Waals surface area contributed by atoms with Crippen molar-refractivity contribution in [2.75, 3.05) is 0 Å². The predicted octanol–water partition coefficient (Wildman–Crippen LogP) is 12.3. The maximum atomic E-state index is 6.51. The first-order chi connectivity index (χ1) is 25.2.